The Hall–Kier alpha value is -1.07. The van der Waals surface area contributed by atoms with Gasteiger partial charge in [0.2, 0.25) is 0 Å². The van der Waals surface area contributed by atoms with Crippen molar-refractivity contribution >= 4 is 10.1 Å². The number of rotatable bonds is 5. The minimum absolute atomic E-state index is 1.43. The molecule has 0 radical (unpaired) electrons. The molecular formula is C6F14O3S. The summed E-state index contributed by atoms with van der Waals surface area (Å²) in [6.45, 7) is 0. The quantitative estimate of drug-likeness (QED) is 0.503. The summed E-state index contributed by atoms with van der Waals surface area (Å²) in [6, 6.07) is 0. The zero-order valence-electron chi connectivity index (χ0n) is 9.92. The molecule has 24 heavy (non-hydrogen) atoms. The zero-order valence-corrected chi connectivity index (χ0v) is 10.7. The molecule has 0 saturated carbocycles. The summed E-state index contributed by atoms with van der Waals surface area (Å²) in [7, 11) is -8.34. The van der Waals surface area contributed by atoms with Gasteiger partial charge in [0, 0.05) is 0 Å². The van der Waals surface area contributed by atoms with Gasteiger partial charge in [-0.25, -0.2) is 0 Å². The van der Waals surface area contributed by atoms with Crippen LogP contribution in [0.1, 0.15) is 0 Å². The third-order valence-electron chi connectivity index (χ3n) is 1.97. The zero-order chi connectivity index (χ0) is 20.2. The van der Waals surface area contributed by atoms with Crippen LogP contribution in [0.25, 0.3) is 0 Å². The van der Waals surface area contributed by atoms with Gasteiger partial charge < -0.3 is 0 Å². The molecule has 0 amide bonds. The third-order valence-corrected chi connectivity index (χ3v) is 3.29. The van der Waals surface area contributed by atoms with Crippen LogP contribution in [0.2, 0.25) is 0 Å². The number of halogens is 14. The molecule has 0 bridgehead atoms. The van der Waals surface area contributed by atoms with Crippen molar-refractivity contribution < 1.29 is 74.1 Å². The Bertz CT molecular complexity index is 568. The molecule has 0 aromatic heterocycles. The molecule has 0 atom stereocenters. The molecule has 0 aliphatic rings. The van der Waals surface area contributed by atoms with Gasteiger partial charge in [0.05, 0.1) is 0 Å². The Labute approximate surface area is 121 Å². The van der Waals surface area contributed by atoms with Crippen molar-refractivity contribution in [2.45, 2.75) is 35.6 Å². The maximum Gasteiger partial charge on any atom is 0.484 e. The van der Waals surface area contributed by atoms with E-state index in [1.165, 1.54) is 4.18 Å². The molecule has 0 saturated heterocycles. The van der Waals surface area contributed by atoms with Crippen LogP contribution < -0.4 is 0 Å². The molecule has 0 aromatic carbocycles. The maximum atomic E-state index is 12.8. The molecule has 146 valence electrons. The molecule has 18 heteroatoms. The van der Waals surface area contributed by atoms with Crippen LogP contribution in [0, 0.1) is 0 Å². The Morgan fingerprint density at radius 2 is 0.875 bits per heavy atom. The molecule has 3 nitrogen and oxygen atoms in total. The van der Waals surface area contributed by atoms with Crippen molar-refractivity contribution in [1.29, 1.82) is 0 Å². The second-order valence-electron chi connectivity index (χ2n) is 3.72. The fourth-order valence-corrected chi connectivity index (χ4v) is 1.67. The van der Waals surface area contributed by atoms with E-state index in [0.717, 1.165) is 0 Å². The highest BCUT2D eigenvalue weighted by molar-refractivity contribution is 7.87. The molecule has 0 unspecified atom stereocenters. The fourth-order valence-electron chi connectivity index (χ4n) is 0.755. The topological polar surface area (TPSA) is 43.4 Å². The van der Waals surface area contributed by atoms with E-state index in [4.69, 9.17) is 0 Å². The summed E-state index contributed by atoms with van der Waals surface area (Å²) in [4.78, 5) is 0. The maximum absolute atomic E-state index is 12.8. The van der Waals surface area contributed by atoms with Crippen LogP contribution in [-0.4, -0.2) is 44.0 Å². The van der Waals surface area contributed by atoms with Crippen molar-refractivity contribution in [3.8, 4) is 0 Å². The van der Waals surface area contributed by atoms with E-state index in [-0.39, 0.29) is 0 Å². The van der Waals surface area contributed by atoms with Crippen LogP contribution in [0.15, 0.2) is 0 Å². The van der Waals surface area contributed by atoms with Gasteiger partial charge in [0.25, 0.3) is 0 Å². The predicted octanol–water partition coefficient (Wildman–Crippen LogP) is 3.91. The second-order valence-corrected chi connectivity index (χ2v) is 5.30. The Kier molecular flexibility index (Phi) is 5.22. The van der Waals surface area contributed by atoms with Crippen LogP contribution in [-0.2, 0) is 14.3 Å². The number of hydrogen-bond donors (Lipinski definition) is 0. The largest absolute Gasteiger partial charge is 0.484 e. The van der Waals surface area contributed by atoms with Gasteiger partial charge >= 0.3 is 45.7 Å². The summed E-state index contributed by atoms with van der Waals surface area (Å²) in [6.07, 6.45) is -21.8. The summed E-state index contributed by atoms with van der Waals surface area (Å²) in [5.74, 6) is -15.8. The van der Waals surface area contributed by atoms with Crippen LogP contribution >= 0.6 is 0 Å². The highest BCUT2D eigenvalue weighted by Crippen LogP contribution is 2.55. The Balaban J connectivity index is 6.15. The van der Waals surface area contributed by atoms with Gasteiger partial charge in [-0.3, -0.25) is 0 Å². The van der Waals surface area contributed by atoms with Crippen LogP contribution in [0.3, 0.4) is 0 Å². The predicted molar refractivity (Wildman–Crippen MR) is 41.9 cm³/mol. The molecule has 0 fully saturated rings. The Morgan fingerprint density at radius 3 is 1.12 bits per heavy atom. The summed E-state index contributed by atoms with van der Waals surface area (Å²) in [5.41, 5.74) is 0. The number of hydrogen-bond acceptors (Lipinski definition) is 3. The standard InChI is InChI=1S/C6F14O3S/c7-1(8,3(11,12)13)2(9,10)6(19,20)24(21,22)23-5(17,18)4(14,15)16. The van der Waals surface area contributed by atoms with Gasteiger partial charge in [-0.15, -0.1) is 0 Å². The second kappa shape index (κ2) is 5.46. The third kappa shape index (κ3) is 3.33. The van der Waals surface area contributed by atoms with E-state index < -0.39 is 45.7 Å². The van der Waals surface area contributed by atoms with E-state index in [1.54, 1.807) is 0 Å². The lowest BCUT2D eigenvalue weighted by Gasteiger charge is -2.33. The lowest BCUT2D eigenvalue weighted by molar-refractivity contribution is -0.387. The molecular weight excluding hydrogens is 418 g/mol. The SMILES string of the molecule is O=S(=O)(OC(F)(F)C(F)(F)F)C(F)(F)C(F)(F)C(F)(F)C(F)(F)F. The first-order valence-corrected chi connectivity index (χ1v) is 5.96. The average Bonchev–Trinajstić information content (AvgIpc) is 2.23. The molecule has 0 aromatic rings. The summed E-state index contributed by atoms with van der Waals surface area (Å²) in [5, 5.41) is -7.83. The van der Waals surface area contributed by atoms with Crippen molar-refractivity contribution in [2.24, 2.45) is 0 Å². The first-order valence-electron chi connectivity index (χ1n) is 4.55. The first-order chi connectivity index (χ1) is 9.96. The average molecular weight is 418 g/mol. The summed E-state index contributed by atoms with van der Waals surface area (Å²) >= 11 is 0. The molecule has 0 rings (SSSR count). The van der Waals surface area contributed by atoms with Crippen LogP contribution in [0.5, 0.6) is 0 Å². The van der Waals surface area contributed by atoms with Crippen LogP contribution in [0.4, 0.5) is 61.5 Å². The monoisotopic (exact) mass is 418 g/mol. The molecule has 0 N–H and O–H groups in total. The van der Waals surface area contributed by atoms with E-state index in [1.807, 2.05) is 0 Å². The smallest absolute Gasteiger partial charge is 0.192 e. The van der Waals surface area contributed by atoms with Crippen molar-refractivity contribution in [3.63, 3.8) is 0 Å². The lowest BCUT2D eigenvalue weighted by atomic mass is 10.1. The normalized spacial score (nSPS) is 16.4. The van der Waals surface area contributed by atoms with Crippen molar-refractivity contribution in [3.05, 3.63) is 0 Å². The highest BCUT2D eigenvalue weighted by atomic mass is 32.2. The Morgan fingerprint density at radius 1 is 0.542 bits per heavy atom. The molecule has 0 aliphatic heterocycles. The highest BCUT2D eigenvalue weighted by Gasteiger charge is 2.86. The minimum Gasteiger partial charge on any atom is -0.192 e. The lowest BCUT2D eigenvalue weighted by Crippen LogP contribution is -2.64. The van der Waals surface area contributed by atoms with Crippen molar-refractivity contribution in [2.75, 3.05) is 0 Å². The van der Waals surface area contributed by atoms with Gasteiger partial charge in [-0.1, -0.05) is 0 Å². The van der Waals surface area contributed by atoms with Crippen molar-refractivity contribution in [1.82, 2.24) is 0 Å². The van der Waals surface area contributed by atoms with E-state index in [2.05, 4.69) is 0 Å². The summed E-state index contributed by atoms with van der Waals surface area (Å²) < 4.78 is 192. The molecule has 0 heterocycles. The van der Waals surface area contributed by atoms with Gasteiger partial charge in [-0.2, -0.15) is 74.1 Å². The van der Waals surface area contributed by atoms with E-state index >= 15 is 0 Å². The van der Waals surface area contributed by atoms with E-state index in [9.17, 15) is 69.9 Å². The van der Waals surface area contributed by atoms with E-state index in [0.29, 0.717) is 0 Å². The fraction of sp³-hybridized carbons (Fsp3) is 1.00. The minimum atomic E-state index is -8.34. The molecule has 0 aliphatic carbocycles. The van der Waals surface area contributed by atoms with Gasteiger partial charge in [0.1, 0.15) is 0 Å². The van der Waals surface area contributed by atoms with Gasteiger partial charge in [-0.05, 0) is 0 Å². The molecule has 0 spiro atoms. The number of alkyl halides is 14. The van der Waals surface area contributed by atoms with Gasteiger partial charge in [0.15, 0.2) is 0 Å². The first kappa shape index (κ1) is 22.9.